The second kappa shape index (κ2) is 7.22. The topological polar surface area (TPSA) is 106 Å². The molecule has 3 aliphatic rings. The molecule has 0 unspecified atom stereocenters. The van der Waals surface area contributed by atoms with Crippen molar-refractivity contribution < 1.29 is 34.0 Å². The summed E-state index contributed by atoms with van der Waals surface area (Å²) in [5.41, 5.74) is 0.804. The first kappa shape index (κ1) is 19.8. The van der Waals surface area contributed by atoms with Gasteiger partial charge in [-0.3, -0.25) is 0 Å². The normalized spacial score (nSPS) is 41.0. The molecule has 2 N–H and O–H groups in total. The molecule has 3 rings (SSSR count). The van der Waals surface area contributed by atoms with Crippen molar-refractivity contribution in [3.8, 4) is 0 Å². The number of rotatable bonds is 3. The minimum Gasteiger partial charge on any atom is -0.455 e. The first-order chi connectivity index (χ1) is 12.7. The number of esters is 2. The van der Waals surface area contributed by atoms with Crippen LogP contribution in [-0.4, -0.2) is 58.8 Å². The molecule has 0 aromatic rings. The Morgan fingerprint density at radius 2 is 2.22 bits per heavy atom. The smallest absolute Gasteiger partial charge is 0.334 e. The zero-order valence-electron chi connectivity index (χ0n) is 15.8. The number of ether oxygens (including phenoxy) is 3. The van der Waals surface area contributed by atoms with Gasteiger partial charge in [-0.1, -0.05) is 12.7 Å². The molecular formula is C20H26O7. The van der Waals surface area contributed by atoms with Gasteiger partial charge < -0.3 is 24.4 Å². The summed E-state index contributed by atoms with van der Waals surface area (Å²) in [5, 5.41) is 20.0. The third-order valence-corrected chi connectivity index (χ3v) is 5.61. The summed E-state index contributed by atoms with van der Waals surface area (Å²) >= 11 is 0. The summed E-state index contributed by atoms with van der Waals surface area (Å²) in [4.78, 5) is 24.5. The fraction of sp³-hybridized carbons (Fsp3) is 0.600. The molecule has 0 saturated carbocycles. The van der Waals surface area contributed by atoms with Crippen LogP contribution in [0, 0.1) is 5.92 Å². The van der Waals surface area contributed by atoms with E-state index in [0.717, 1.165) is 12.5 Å². The summed E-state index contributed by atoms with van der Waals surface area (Å²) in [5.74, 6) is -1.99. The van der Waals surface area contributed by atoms with Crippen LogP contribution in [0.15, 0.2) is 35.5 Å². The van der Waals surface area contributed by atoms with Gasteiger partial charge in [0.25, 0.3) is 0 Å². The number of aliphatic hydroxyl groups excluding tert-OH is 2. The molecule has 0 aromatic carbocycles. The van der Waals surface area contributed by atoms with Gasteiger partial charge in [-0.15, -0.1) is 0 Å². The van der Waals surface area contributed by atoms with E-state index in [1.54, 1.807) is 13.8 Å². The molecule has 0 spiro atoms. The summed E-state index contributed by atoms with van der Waals surface area (Å²) in [6.45, 7) is 8.83. The molecule has 0 bridgehead atoms. The van der Waals surface area contributed by atoms with Crippen LogP contribution in [0.2, 0.25) is 0 Å². The Balaban J connectivity index is 1.97. The Labute approximate surface area is 158 Å². The van der Waals surface area contributed by atoms with Crippen molar-refractivity contribution in [1.29, 1.82) is 0 Å². The van der Waals surface area contributed by atoms with E-state index in [1.807, 2.05) is 13.0 Å². The lowest BCUT2D eigenvalue weighted by molar-refractivity contribution is -0.153. The largest absolute Gasteiger partial charge is 0.455 e. The first-order valence-corrected chi connectivity index (χ1v) is 9.09. The van der Waals surface area contributed by atoms with E-state index < -0.39 is 41.8 Å². The molecular weight excluding hydrogens is 352 g/mol. The number of carbonyl (C=O) groups is 2. The van der Waals surface area contributed by atoms with Gasteiger partial charge in [-0.2, -0.15) is 0 Å². The molecule has 7 heteroatoms. The van der Waals surface area contributed by atoms with Gasteiger partial charge in [0, 0.05) is 11.6 Å². The highest BCUT2D eigenvalue weighted by Gasteiger charge is 2.64. The zero-order valence-corrected chi connectivity index (χ0v) is 15.8. The molecule has 2 fully saturated rings. The van der Waals surface area contributed by atoms with Gasteiger partial charge in [0.15, 0.2) is 0 Å². The van der Waals surface area contributed by atoms with E-state index in [4.69, 9.17) is 19.3 Å². The van der Waals surface area contributed by atoms with Crippen LogP contribution in [0.1, 0.15) is 33.6 Å². The summed E-state index contributed by atoms with van der Waals surface area (Å²) in [6, 6.07) is 0. The molecule has 0 amide bonds. The predicted octanol–water partition coefficient (Wildman–Crippen LogP) is 1.19. The summed E-state index contributed by atoms with van der Waals surface area (Å²) in [6.07, 6.45) is 1.31. The quantitative estimate of drug-likeness (QED) is 0.329. The maximum absolute atomic E-state index is 12.3. The molecule has 6 atom stereocenters. The van der Waals surface area contributed by atoms with Crippen LogP contribution < -0.4 is 0 Å². The number of epoxide rings is 1. The van der Waals surface area contributed by atoms with Crippen LogP contribution >= 0.6 is 0 Å². The highest BCUT2D eigenvalue weighted by atomic mass is 16.6. The minimum absolute atomic E-state index is 0.158. The molecule has 1 aliphatic carbocycles. The van der Waals surface area contributed by atoms with Crippen molar-refractivity contribution in [3.63, 3.8) is 0 Å². The van der Waals surface area contributed by atoms with Gasteiger partial charge in [-0.25, -0.2) is 9.59 Å². The number of carbonyl (C=O) groups excluding carboxylic acids is 2. The third kappa shape index (κ3) is 3.72. The Hall–Kier alpha value is -1.96. The van der Waals surface area contributed by atoms with Crippen LogP contribution in [-0.2, 0) is 23.8 Å². The van der Waals surface area contributed by atoms with Crippen molar-refractivity contribution in [2.24, 2.45) is 5.92 Å². The Morgan fingerprint density at radius 3 is 2.89 bits per heavy atom. The molecule has 0 radical (unpaired) electrons. The fourth-order valence-electron chi connectivity index (χ4n) is 3.83. The van der Waals surface area contributed by atoms with Crippen molar-refractivity contribution in [2.45, 2.75) is 63.6 Å². The number of allylic oxidation sites excluding steroid dienone is 1. The maximum Gasteiger partial charge on any atom is 0.334 e. The second-order valence-electron chi connectivity index (χ2n) is 7.75. The Morgan fingerprint density at radius 1 is 1.52 bits per heavy atom. The lowest BCUT2D eigenvalue weighted by Crippen LogP contribution is -2.45. The van der Waals surface area contributed by atoms with Crippen LogP contribution in [0.4, 0.5) is 0 Å². The van der Waals surface area contributed by atoms with E-state index in [2.05, 4.69) is 6.58 Å². The number of hydrogen-bond donors (Lipinski definition) is 2. The number of fused-ring (bicyclic) bond motifs is 3. The van der Waals surface area contributed by atoms with Crippen molar-refractivity contribution in [1.82, 2.24) is 0 Å². The standard InChI is InChI=1S/C20H26O7/c1-10(9-21)8-13(22)25-16-14-12(3)19(24)26-17(14)18-20(4,27-18)7-5-6-11(2)15(16)23/h6,8,14-18,21,23H,3,5,7,9H2,1-2,4H3/b10-8+,11-6+/t14-,15+,16-,17+,18+,20-/m1/s1. The zero-order chi connectivity index (χ0) is 19.9. The minimum atomic E-state index is -1.11. The molecule has 2 heterocycles. The van der Waals surface area contributed by atoms with Gasteiger partial charge in [0.2, 0.25) is 0 Å². The van der Waals surface area contributed by atoms with Gasteiger partial charge in [0.1, 0.15) is 24.4 Å². The highest BCUT2D eigenvalue weighted by Crippen LogP contribution is 2.50. The maximum atomic E-state index is 12.3. The van der Waals surface area contributed by atoms with E-state index in [0.29, 0.717) is 17.6 Å². The van der Waals surface area contributed by atoms with E-state index in [-0.39, 0.29) is 18.3 Å². The molecule has 2 saturated heterocycles. The van der Waals surface area contributed by atoms with E-state index >= 15 is 0 Å². The van der Waals surface area contributed by atoms with Crippen LogP contribution in [0.3, 0.4) is 0 Å². The summed E-state index contributed by atoms with van der Waals surface area (Å²) < 4.78 is 16.9. The molecule has 7 nitrogen and oxygen atoms in total. The monoisotopic (exact) mass is 378 g/mol. The van der Waals surface area contributed by atoms with Gasteiger partial charge in [0.05, 0.1) is 18.1 Å². The van der Waals surface area contributed by atoms with E-state index in [9.17, 15) is 14.7 Å². The Bertz CT molecular complexity index is 722. The lowest BCUT2D eigenvalue weighted by atomic mass is 9.81. The fourth-order valence-corrected chi connectivity index (χ4v) is 3.83. The third-order valence-electron chi connectivity index (χ3n) is 5.61. The van der Waals surface area contributed by atoms with Gasteiger partial charge >= 0.3 is 11.9 Å². The van der Waals surface area contributed by atoms with Gasteiger partial charge in [-0.05, 0) is 44.8 Å². The number of hydrogen-bond acceptors (Lipinski definition) is 7. The molecule has 2 aliphatic heterocycles. The highest BCUT2D eigenvalue weighted by molar-refractivity contribution is 5.91. The van der Waals surface area contributed by atoms with Crippen LogP contribution in [0.25, 0.3) is 0 Å². The SMILES string of the molecule is C=C1C(=O)O[C@H]2[C@H]1[C@@H](OC(=O)/C=C(\C)CO)[C@@H](O)/C(C)=C/CC[C@@]1(C)O[C@@H]21. The predicted molar refractivity (Wildman–Crippen MR) is 95.5 cm³/mol. The number of aliphatic hydroxyl groups is 2. The average Bonchev–Trinajstić information content (AvgIpc) is 3.19. The first-order valence-electron chi connectivity index (χ1n) is 9.09. The van der Waals surface area contributed by atoms with E-state index in [1.165, 1.54) is 0 Å². The molecule has 27 heavy (non-hydrogen) atoms. The van der Waals surface area contributed by atoms with Crippen molar-refractivity contribution in [2.75, 3.05) is 6.61 Å². The van der Waals surface area contributed by atoms with Crippen LogP contribution in [0.5, 0.6) is 0 Å². The summed E-state index contributed by atoms with van der Waals surface area (Å²) in [7, 11) is 0. The second-order valence-corrected chi connectivity index (χ2v) is 7.75. The Kier molecular flexibility index (Phi) is 5.29. The van der Waals surface area contributed by atoms with Crippen molar-refractivity contribution >= 4 is 11.9 Å². The van der Waals surface area contributed by atoms with Crippen molar-refractivity contribution in [3.05, 3.63) is 35.5 Å². The molecule has 0 aromatic heterocycles. The molecule has 148 valence electrons. The average molecular weight is 378 g/mol. The lowest BCUT2D eigenvalue weighted by Gasteiger charge is -2.31.